The predicted octanol–water partition coefficient (Wildman–Crippen LogP) is -0.554. The molecule has 1 aliphatic heterocycles. The van der Waals surface area contributed by atoms with Crippen LogP contribution in [0.1, 0.15) is 0 Å². The second-order valence-electron chi connectivity index (χ2n) is 4.25. The number of ether oxygens (including phenoxy) is 1. The van der Waals surface area contributed by atoms with Gasteiger partial charge in [0.15, 0.2) is 6.23 Å². The van der Waals surface area contributed by atoms with Crippen molar-refractivity contribution >= 4 is 11.4 Å². The van der Waals surface area contributed by atoms with Gasteiger partial charge in [-0.15, -0.1) is 0 Å². The van der Waals surface area contributed by atoms with Crippen molar-refractivity contribution in [3.63, 3.8) is 0 Å². The number of nitro groups is 1. The number of aliphatic hydroxyl groups excluding tert-OH is 3. The molecule has 8 heteroatoms. The number of non-ortho nitro benzene ring substituents is 1. The van der Waals surface area contributed by atoms with Gasteiger partial charge in [0.25, 0.3) is 5.69 Å². The first kappa shape index (κ1) is 13.7. The fourth-order valence-corrected chi connectivity index (χ4v) is 1.78. The molecule has 2 rings (SSSR count). The van der Waals surface area contributed by atoms with Gasteiger partial charge >= 0.3 is 0 Å². The molecule has 0 bridgehead atoms. The highest BCUT2D eigenvalue weighted by Gasteiger charge is 2.37. The highest BCUT2D eigenvalue weighted by molar-refractivity contribution is 5.49. The molecule has 1 heterocycles. The first-order valence-electron chi connectivity index (χ1n) is 5.66. The van der Waals surface area contributed by atoms with Crippen LogP contribution in [0.15, 0.2) is 24.3 Å². The zero-order chi connectivity index (χ0) is 14.0. The number of hydrogen-bond acceptors (Lipinski definition) is 7. The lowest BCUT2D eigenvalue weighted by molar-refractivity contribution is -0.384. The van der Waals surface area contributed by atoms with Crippen LogP contribution in [-0.2, 0) is 4.74 Å². The highest BCUT2D eigenvalue weighted by atomic mass is 16.6. The molecule has 8 nitrogen and oxygen atoms in total. The minimum Gasteiger partial charge on any atom is -0.388 e. The van der Waals surface area contributed by atoms with Crippen molar-refractivity contribution in [2.24, 2.45) is 0 Å². The molecule has 104 valence electrons. The number of nitrogens with zero attached hydrogens (tertiary/aromatic N) is 1. The smallest absolute Gasteiger partial charge is 0.269 e. The van der Waals surface area contributed by atoms with Crippen LogP contribution in [0.5, 0.6) is 0 Å². The van der Waals surface area contributed by atoms with Gasteiger partial charge in [0.1, 0.15) is 18.3 Å². The third-order valence-corrected chi connectivity index (χ3v) is 2.89. The third-order valence-electron chi connectivity index (χ3n) is 2.89. The summed E-state index contributed by atoms with van der Waals surface area (Å²) in [6.07, 6.45) is -4.62. The molecular weight excluding hydrogens is 256 g/mol. The average molecular weight is 270 g/mol. The average Bonchev–Trinajstić information content (AvgIpc) is 2.40. The predicted molar refractivity (Wildman–Crippen MR) is 64.5 cm³/mol. The minimum absolute atomic E-state index is 0.0499. The van der Waals surface area contributed by atoms with E-state index in [1.54, 1.807) is 0 Å². The first-order valence-corrected chi connectivity index (χ1v) is 5.66. The van der Waals surface area contributed by atoms with E-state index in [9.17, 15) is 25.4 Å². The molecule has 1 aromatic rings. The summed E-state index contributed by atoms with van der Waals surface area (Å²) >= 11 is 0. The highest BCUT2D eigenvalue weighted by Crippen LogP contribution is 2.20. The molecule has 0 saturated carbocycles. The molecule has 4 atom stereocenters. The standard InChI is InChI=1S/C11H14N2O6/c14-8-5-19-11(10(16)9(8)15)12-6-1-3-7(4-2-6)13(17)18/h1-4,8-12,14-16H,5H2/t8-,9+,10+,11+/m0/s1. The lowest BCUT2D eigenvalue weighted by Gasteiger charge is -2.35. The Morgan fingerprint density at radius 3 is 2.42 bits per heavy atom. The summed E-state index contributed by atoms with van der Waals surface area (Å²) < 4.78 is 5.15. The van der Waals surface area contributed by atoms with E-state index in [4.69, 9.17) is 4.74 Å². The summed E-state index contributed by atoms with van der Waals surface area (Å²) in [5.41, 5.74) is 0.448. The Morgan fingerprint density at radius 1 is 1.21 bits per heavy atom. The van der Waals surface area contributed by atoms with Crippen LogP contribution in [0.4, 0.5) is 11.4 Å². The van der Waals surface area contributed by atoms with E-state index in [0.717, 1.165) is 0 Å². The lowest BCUT2D eigenvalue weighted by atomic mass is 10.0. The van der Waals surface area contributed by atoms with Gasteiger partial charge in [0, 0.05) is 17.8 Å². The Morgan fingerprint density at radius 2 is 1.84 bits per heavy atom. The van der Waals surface area contributed by atoms with Gasteiger partial charge in [-0.05, 0) is 12.1 Å². The second-order valence-corrected chi connectivity index (χ2v) is 4.25. The topological polar surface area (TPSA) is 125 Å². The van der Waals surface area contributed by atoms with E-state index in [1.165, 1.54) is 24.3 Å². The summed E-state index contributed by atoms with van der Waals surface area (Å²) in [5, 5.41) is 41.8. The van der Waals surface area contributed by atoms with Crippen LogP contribution in [0, 0.1) is 10.1 Å². The Balaban J connectivity index is 2.03. The molecule has 0 spiro atoms. The summed E-state index contributed by atoms with van der Waals surface area (Å²) in [4.78, 5) is 9.97. The minimum atomic E-state index is -1.30. The molecule has 4 N–H and O–H groups in total. The maximum absolute atomic E-state index is 10.5. The normalized spacial score (nSPS) is 30.9. The lowest BCUT2D eigenvalue weighted by Crippen LogP contribution is -2.55. The van der Waals surface area contributed by atoms with Gasteiger partial charge in [-0.2, -0.15) is 0 Å². The van der Waals surface area contributed by atoms with E-state index >= 15 is 0 Å². The van der Waals surface area contributed by atoms with Crippen molar-refractivity contribution in [2.45, 2.75) is 24.5 Å². The molecule has 1 fully saturated rings. The van der Waals surface area contributed by atoms with Gasteiger partial charge in [-0.25, -0.2) is 0 Å². The van der Waals surface area contributed by atoms with Crippen molar-refractivity contribution in [3.05, 3.63) is 34.4 Å². The number of anilines is 1. The zero-order valence-electron chi connectivity index (χ0n) is 9.84. The molecule has 1 aromatic carbocycles. The molecule has 0 radical (unpaired) electrons. The Hall–Kier alpha value is -1.74. The number of rotatable bonds is 3. The quantitative estimate of drug-likeness (QED) is 0.428. The zero-order valence-corrected chi connectivity index (χ0v) is 9.84. The van der Waals surface area contributed by atoms with Crippen molar-refractivity contribution in [3.8, 4) is 0 Å². The fourth-order valence-electron chi connectivity index (χ4n) is 1.78. The van der Waals surface area contributed by atoms with Crippen LogP contribution >= 0.6 is 0 Å². The molecule has 0 amide bonds. The molecule has 0 unspecified atom stereocenters. The van der Waals surface area contributed by atoms with E-state index in [2.05, 4.69) is 5.32 Å². The SMILES string of the molecule is O=[N+]([O-])c1ccc(N[C@@H]2OC[C@H](O)[C@@H](O)[C@H]2O)cc1. The monoisotopic (exact) mass is 270 g/mol. The van der Waals surface area contributed by atoms with Crippen LogP contribution in [0.25, 0.3) is 0 Å². The Bertz CT molecular complexity index is 451. The maximum Gasteiger partial charge on any atom is 0.269 e. The van der Waals surface area contributed by atoms with E-state index in [1.807, 2.05) is 0 Å². The van der Waals surface area contributed by atoms with Crippen LogP contribution in [0.2, 0.25) is 0 Å². The van der Waals surface area contributed by atoms with Gasteiger partial charge in [0.05, 0.1) is 11.5 Å². The molecular formula is C11H14N2O6. The van der Waals surface area contributed by atoms with Gasteiger partial charge < -0.3 is 25.4 Å². The number of benzene rings is 1. The van der Waals surface area contributed by atoms with Gasteiger partial charge in [0.2, 0.25) is 0 Å². The first-order chi connectivity index (χ1) is 8.99. The van der Waals surface area contributed by atoms with Crippen LogP contribution < -0.4 is 5.32 Å². The molecule has 1 saturated heterocycles. The number of hydrogen-bond donors (Lipinski definition) is 4. The number of nitro benzene ring substituents is 1. The van der Waals surface area contributed by atoms with Gasteiger partial charge in [-0.1, -0.05) is 0 Å². The van der Waals surface area contributed by atoms with Crippen LogP contribution in [0.3, 0.4) is 0 Å². The molecule has 19 heavy (non-hydrogen) atoms. The summed E-state index contributed by atoms with van der Waals surface area (Å²) in [7, 11) is 0. The van der Waals surface area contributed by atoms with Crippen molar-refractivity contribution < 1.29 is 25.0 Å². The number of nitrogens with one attached hydrogen (secondary N) is 1. The van der Waals surface area contributed by atoms with Crippen molar-refractivity contribution in [1.82, 2.24) is 0 Å². The molecule has 0 aliphatic carbocycles. The third kappa shape index (κ3) is 2.99. The maximum atomic E-state index is 10.5. The summed E-state index contributed by atoms with van der Waals surface area (Å²) in [5.74, 6) is 0. The van der Waals surface area contributed by atoms with Crippen LogP contribution in [-0.4, -0.2) is 51.4 Å². The Labute approximate surface area is 108 Å². The van der Waals surface area contributed by atoms with Crippen molar-refractivity contribution in [2.75, 3.05) is 11.9 Å². The van der Waals surface area contributed by atoms with Gasteiger partial charge in [-0.3, -0.25) is 10.1 Å². The van der Waals surface area contributed by atoms with Crippen molar-refractivity contribution in [1.29, 1.82) is 0 Å². The fraction of sp³-hybridized carbons (Fsp3) is 0.455. The largest absolute Gasteiger partial charge is 0.388 e. The molecule has 0 aromatic heterocycles. The summed E-state index contributed by atoms with van der Waals surface area (Å²) in [6, 6.07) is 5.54. The second kappa shape index (κ2) is 5.49. The number of aliphatic hydroxyl groups is 3. The van der Waals surface area contributed by atoms with E-state index in [0.29, 0.717) is 5.69 Å². The molecule has 1 aliphatic rings. The summed E-state index contributed by atoms with van der Waals surface area (Å²) in [6.45, 7) is -0.108. The Kier molecular flexibility index (Phi) is 3.96. The van der Waals surface area contributed by atoms with E-state index in [-0.39, 0.29) is 12.3 Å². The van der Waals surface area contributed by atoms with E-state index < -0.39 is 29.5 Å².